The Morgan fingerprint density at radius 3 is 2.93 bits per heavy atom. The van der Waals surface area contributed by atoms with E-state index in [1.165, 1.54) is 19.5 Å². The number of benzene rings is 1. The first-order valence-corrected chi connectivity index (χ1v) is 8.22. The van der Waals surface area contributed by atoms with Gasteiger partial charge in [0.25, 0.3) is 0 Å². The number of thiazole rings is 1. The van der Waals surface area contributed by atoms with Crippen LogP contribution in [0.4, 0.5) is 0 Å². The fourth-order valence-corrected chi connectivity index (χ4v) is 4.63. The van der Waals surface area contributed by atoms with Crippen LogP contribution in [0.5, 0.6) is 0 Å². The third-order valence-corrected chi connectivity index (χ3v) is 5.71. The van der Waals surface area contributed by atoms with Gasteiger partial charge in [0.15, 0.2) is 0 Å². The van der Waals surface area contributed by atoms with E-state index in [1.54, 1.807) is 22.1 Å². The molecule has 2 rings (SSSR count). The zero-order valence-corrected chi connectivity index (χ0v) is 10.8. The second-order valence-electron chi connectivity index (χ2n) is 2.83. The maximum atomic E-state index is 4.58. The van der Waals surface area contributed by atoms with E-state index in [2.05, 4.69) is 41.8 Å². The highest BCUT2D eigenvalue weighted by atomic mass is 33.5. The predicted molar refractivity (Wildman–Crippen MR) is 72.2 cm³/mol. The average molecular weight is 259 g/mol. The second-order valence-corrected chi connectivity index (χ2v) is 7.31. The number of para-hydroxylation sites is 1. The lowest BCUT2D eigenvalue weighted by molar-refractivity contribution is 1.08. The van der Waals surface area contributed by atoms with Crippen LogP contribution < -0.4 is 0 Å². The summed E-state index contributed by atoms with van der Waals surface area (Å²) in [4.78, 5) is 4.58. The van der Waals surface area contributed by atoms with E-state index in [9.17, 15) is 0 Å². The van der Waals surface area contributed by atoms with Crippen molar-refractivity contribution in [2.45, 2.75) is 12.2 Å². The molecular formula is C9H9NS4. The summed E-state index contributed by atoms with van der Waals surface area (Å²) in [6.45, 7) is 2.16. The van der Waals surface area contributed by atoms with Crippen molar-refractivity contribution in [3.8, 4) is 0 Å². The minimum atomic E-state index is 0.412. The maximum Gasteiger partial charge on any atom is 0.107 e. The molecule has 0 aliphatic carbocycles. The highest BCUT2D eigenvalue weighted by Gasteiger charge is 2.11. The number of aromatic nitrogens is 1. The van der Waals surface area contributed by atoms with Gasteiger partial charge in [-0.05, 0) is 28.9 Å². The highest BCUT2D eigenvalue weighted by molar-refractivity contribution is 9.05. The minimum absolute atomic E-state index is 0.412. The third-order valence-electron chi connectivity index (χ3n) is 1.85. The Bertz CT molecular complexity index is 392. The molecular weight excluding hydrogens is 250 g/mol. The number of nitrogens with zero attached hydrogens (tertiary/aromatic N) is 1. The van der Waals surface area contributed by atoms with Crippen LogP contribution >= 0.6 is 43.6 Å². The van der Waals surface area contributed by atoms with Gasteiger partial charge < -0.3 is 0 Å². The first kappa shape index (κ1) is 10.7. The summed E-state index contributed by atoms with van der Waals surface area (Å²) in [6.07, 6.45) is 0. The molecule has 0 N–H and O–H groups in total. The van der Waals surface area contributed by atoms with Crippen molar-refractivity contribution < 1.29 is 0 Å². The monoisotopic (exact) mass is 259 g/mol. The van der Waals surface area contributed by atoms with Crippen molar-refractivity contribution in [1.29, 1.82) is 0 Å². The smallest absolute Gasteiger partial charge is 0.107 e. The molecule has 0 saturated heterocycles. The molecule has 0 aliphatic heterocycles. The van der Waals surface area contributed by atoms with Gasteiger partial charge in [-0.1, -0.05) is 34.6 Å². The standard InChI is InChI=1S/C9H9NS4/c1-6(13-14-11)9-10-7-4-2-3-5-8(7)12-9/h2-6,11H,1H3. The quantitative estimate of drug-likeness (QED) is 0.640. The number of thiol groups is 1. The van der Waals surface area contributed by atoms with Gasteiger partial charge in [-0.25, -0.2) is 4.98 Å². The van der Waals surface area contributed by atoms with E-state index in [4.69, 9.17) is 0 Å². The summed E-state index contributed by atoms with van der Waals surface area (Å²) in [5.74, 6) is 0. The molecule has 1 nitrogen and oxygen atoms in total. The second kappa shape index (κ2) is 4.79. The van der Waals surface area contributed by atoms with E-state index in [1.807, 2.05) is 6.07 Å². The molecule has 1 unspecified atom stereocenters. The first-order valence-electron chi connectivity index (χ1n) is 4.13. The number of rotatable bonds is 3. The summed E-state index contributed by atoms with van der Waals surface area (Å²) < 4.78 is 1.26. The molecule has 74 valence electrons. The summed E-state index contributed by atoms with van der Waals surface area (Å²) in [5.41, 5.74) is 1.10. The molecule has 2 aromatic rings. The van der Waals surface area contributed by atoms with Crippen molar-refractivity contribution in [3.63, 3.8) is 0 Å². The molecule has 1 atom stereocenters. The predicted octanol–water partition coefficient (Wildman–Crippen LogP) is 4.58. The summed E-state index contributed by atoms with van der Waals surface area (Å²) >= 11 is 5.90. The summed E-state index contributed by atoms with van der Waals surface area (Å²) in [7, 11) is 3.22. The van der Waals surface area contributed by atoms with Gasteiger partial charge in [-0.3, -0.25) is 0 Å². The number of fused-ring (bicyclic) bond motifs is 1. The Kier molecular flexibility index (Phi) is 3.65. The first-order chi connectivity index (χ1) is 6.81. The Morgan fingerprint density at radius 2 is 2.21 bits per heavy atom. The van der Waals surface area contributed by atoms with E-state index in [0.29, 0.717) is 5.25 Å². The molecule has 0 saturated carbocycles. The van der Waals surface area contributed by atoms with Crippen molar-refractivity contribution in [1.82, 2.24) is 4.98 Å². The van der Waals surface area contributed by atoms with Crippen LogP contribution in [0.1, 0.15) is 17.2 Å². The fourth-order valence-electron chi connectivity index (χ4n) is 1.17. The molecule has 1 aromatic heterocycles. The molecule has 1 aromatic carbocycles. The van der Waals surface area contributed by atoms with Crippen LogP contribution in [0.15, 0.2) is 24.3 Å². The van der Waals surface area contributed by atoms with Crippen molar-refractivity contribution in [2.24, 2.45) is 0 Å². The largest absolute Gasteiger partial charge is 0.240 e. The lowest BCUT2D eigenvalue weighted by Crippen LogP contribution is -1.82. The van der Waals surface area contributed by atoms with Crippen molar-refractivity contribution in [2.75, 3.05) is 0 Å². The lowest BCUT2D eigenvalue weighted by atomic mass is 10.3. The average Bonchev–Trinajstić information content (AvgIpc) is 2.61. The van der Waals surface area contributed by atoms with E-state index < -0.39 is 0 Å². The summed E-state index contributed by atoms with van der Waals surface area (Å²) in [5, 5.41) is 1.59. The molecule has 1 heterocycles. The topological polar surface area (TPSA) is 12.9 Å². The van der Waals surface area contributed by atoms with Gasteiger partial charge in [0, 0.05) is 0 Å². The normalized spacial score (nSPS) is 13.3. The van der Waals surface area contributed by atoms with E-state index in [-0.39, 0.29) is 0 Å². The van der Waals surface area contributed by atoms with Crippen LogP contribution in [0.2, 0.25) is 0 Å². The van der Waals surface area contributed by atoms with Gasteiger partial charge in [-0.15, -0.1) is 11.3 Å². The van der Waals surface area contributed by atoms with E-state index in [0.717, 1.165) is 5.52 Å². The van der Waals surface area contributed by atoms with E-state index >= 15 is 0 Å². The zero-order valence-electron chi connectivity index (χ0n) is 7.51. The molecule has 14 heavy (non-hydrogen) atoms. The zero-order chi connectivity index (χ0) is 9.97. The SMILES string of the molecule is CC(SSS)c1nc2ccccc2s1. The summed E-state index contributed by atoms with van der Waals surface area (Å²) in [6, 6.07) is 8.24. The molecule has 5 heteroatoms. The highest BCUT2D eigenvalue weighted by Crippen LogP contribution is 2.41. The molecule has 0 spiro atoms. The van der Waals surface area contributed by atoms with Crippen LogP contribution in [0, 0.1) is 0 Å². The Hall–Kier alpha value is 0.160. The minimum Gasteiger partial charge on any atom is -0.240 e. The fraction of sp³-hybridized carbons (Fsp3) is 0.222. The molecule has 0 aliphatic rings. The number of hydrogen-bond acceptors (Lipinski definition) is 5. The van der Waals surface area contributed by atoms with Gasteiger partial charge in [0.2, 0.25) is 0 Å². The van der Waals surface area contributed by atoms with Crippen LogP contribution in [0.3, 0.4) is 0 Å². The van der Waals surface area contributed by atoms with Crippen LogP contribution in [-0.4, -0.2) is 4.98 Å². The molecule has 0 bridgehead atoms. The molecule has 0 fully saturated rings. The van der Waals surface area contributed by atoms with Gasteiger partial charge in [-0.2, -0.15) is 0 Å². The Balaban J connectivity index is 2.35. The Labute approximate surface area is 99.9 Å². The van der Waals surface area contributed by atoms with Crippen molar-refractivity contribution >= 4 is 53.8 Å². The van der Waals surface area contributed by atoms with Gasteiger partial charge in [0.1, 0.15) is 5.01 Å². The molecule has 0 amide bonds. The van der Waals surface area contributed by atoms with Crippen LogP contribution in [0.25, 0.3) is 10.2 Å². The van der Waals surface area contributed by atoms with Crippen molar-refractivity contribution in [3.05, 3.63) is 29.3 Å². The maximum absolute atomic E-state index is 4.58. The van der Waals surface area contributed by atoms with Gasteiger partial charge >= 0.3 is 0 Å². The van der Waals surface area contributed by atoms with Crippen LogP contribution in [-0.2, 0) is 0 Å². The van der Waals surface area contributed by atoms with Gasteiger partial charge in [0.05, 0.1) is 15.5 Å². The Morgan fingerprint density at radius 1 is 1.43 bits per heavy atom. The molecule has 0 radical (unpaired) electrons. The number of hydrogen-bond donors (Lipinski definition) is 1. The lowest BCUT2D eigenvalue weighted by Gasteiger charge is -2.02. The third kappa shape index (κ3) is 2.21.